The number of allylic oxidation sites excluding steroid dienone is 9. The summed E-state index contributed by atoms with van der Waals surface area (Å²) < 4.78 is 11.3. The molecule has 0 spiro atoms. The molecule has 0 radical (unpaired) electrons. The number of carbonyl (C=O) groups is 1. The quantitative estimate of drug-likeness (QED) is 0.0261. The SMILES string of the molecule is CCCCCCC/C=C\C/C=C\C/C=C\CCCCCCCCCCCCCCCCC(=O)NC(COC1OC(CO)C(O)C(O)C1O)C(O)/C=C/CC/C=C/CCCCCCCCCCCCCCCCCCCCCCCCCCCC. The Kier molecular flexibility index (Phi) is 60.8. The minimum atomic E-state index is -1.58. The highest BCUT2D eigenvalue weighted by Crippen LogP contribution is 2.23. The highest BCUT2D eigenvalue weighted by molar-refractivity contribution is 5.76. The molecule has 1 amide bonds. The summed E-state index contributed by atoms with van der Waals surface area (Å²) >= 11 is 0. The molecule has 7 unspecified atom stereocenters. The smallest absolute Gasteiger partial charge is 0.220 e. The van der Waals surface area contributed by atoms with Gasteiger partial charge in [-0.15, -0.1) is 0 Å². The van der Waals surface area contributed by atoms with E-state index in [1.54, 1.807) is 6.08 Å². The van der Waals surface area contributed by atoms with Gasteiger partial charge in [-0.05, 0) is 70.6 Å². The number of carbonyl (C=O) groups excluding carboxylic acids is 1. The van der Waals surface area contributed by atoms with Crippen LogP contribution in [0, 0.1) is 0 Å². The second-order valence-electron chi connectivity index (χ2n) is 25.4. The van der Waals surface area contributed by atoms with Gasteiger partial charge in [-0.2, -0.15) is 0 Å². The molecule has 0 aromatic carbocycles. The Labute approximate surface area is 519 Å². The first kappa shape index (κ1) is 79.9. The van der Waals surface area contributed by atoms with Gasteiger partial charge in [0.15, 0.2) is 6.29 Å². The van der Waals surface area contributed by atoms with Crippen molar-refractivity contribution in [3.63, 3.8) is 0 Å². The van der Waals surface area contributed by atoms with Crippen molar-refractivity contribution in [1.82, 2.24) is 5.32 Å². The molecule has 9 nitrogen and oxygen atoms in total. The van der Waals surface area contributed by atoms with Gasteiger partial charge in [-0.1, -0.05) is 338 Å². The Bertz CT molecular complexity index is 1510. The van der Waals surface area contributed by atoms with Gasteiger partial charge in [-0.25, -0.2) is 0 Å². The zero-order valence-corrected chi connectivity index (χ0v) is 55.2. The molecule has 7 atom stereocenters. The van der Waals surface area contributed by atoms with Crippen LogP contribution in [0.15, 0.2) is 60.8 Å². The van der Waals surface area contributed by atoms with Crippen LogP contribution < -0.4 is 5.32 Å². The minimum Gasteiger partial charge on any atom is -0.394 e. The fourth-order valence-electron chi connectivity index (χ4n) is 11.6. The number of hydrogen-bond donors (Lipinski definition) is 6. The van der Waals surface area contributed by atoms with E-state index in [1.807, 2.05) is 6.08 Å². The van der Waals surface area contributed by atoms with E-state index in [-0.39, 0.29) is 12.5 Å². The molecule has 9 heteroatoms. The van der Waals surface area contributed by atoms with Gasteiger partial charge in [-0.3, -0.25) is 4.79 Å². The largest absolute Gasteiger partial charge is 0.394 e. The molecular weight excluding hydrogens is 1040 g/mol. The summed E-state index contributed by atoms with van der Waals surface area (Å²) in [5.41, 5.74) is 0. The van der Waals surface area contributed by atoms with Gasteiger partial charge in [0.2, 0.25) is 5.91 Å². The van der Waals surface area contributed by atoms with Crippen LogP contribution in [0.5, 0.6) is 0 Å². The number of amides is 1. The van der Waals surface area contributed by atoms with Crippen LogP contribution in [-0.2, 0) is 14.3 Å². The second kappa shape index (κ2) is 63.9. The van der Waals surface area contributed by atoms with Crippen molar-refractivity contribution in [3.8, 4) is 0 Å². The van der Waals surface area contributed by atoms with Gasteiger partial charge < -0.3 is 40.3 Å². The maximum atomic E-state index is 13.1. The minimum absolute atomic E-state index is 0.184. The van der Waals surface area contributed by atoms with Crippen LogP contribution >= 0.6 is 0 Å². The van der Waals surface area contributed by atoms with Crippen molar-refractivity contribution < 1.29 is 39.8 Å². The monoisotopic (exact) mass is 1180 g/mol. The maximum absolute atomic E-state index is 13.1. The van der Waals surface area contributed by atoms with Gasteiger partial charge in [0.05, 0.1) is 25.4 Å². The standard InChI is InChI=1S/C75H139NO8/c1-3-5-7-9-11-13-15-17-19-21-23-25-27-29-31-33-34-35-37-38-40-42-44-46-48-50-52-54-56-58-60-62-64-69(78)68(67-83-75-74(82)73(81)72(80)70(66-77)84-75)76-71(79)65-63-61-59-57-55-53-51-49-47-45-43-41-39-36-32-30-28-26-24-22-20-18-16-14-12-10-8-6-4-2/h16,18,22,24,28,30,54,56,62,64,68-70,72-75,77-78,80-82H,3-15,17,19-21,23,25-27,29,31-53,55,57-61,63,65-67H2,1-2H3,(H,76,79)/b18-16-,24-22-,30-28-,56-54+,64-62+. The number of ether oxygens (including phenoxy) is 2. The number of hydrogen-bond acceptors (Lipinski definition) is 8. The molecule has 492 valence electrons. The van der Waals surface area contributed by atoms with Crippen LogP contribution in [0.4, 0.5) is 0 Å². The number of rotatable bonds is 64. The number of aliphatic hydroxyl groups excluding tert-OH is 5. The summed E-state index contributed by atoms with van der Waals surface area (Å²) in [4.78, 5) is 13.1. The molecule has 0 aromatic heterocycles. The van der Waals surface area contributed by atoms with E-state index < -0.39 is 49.5 Å². The molecule has 0 aromatic rings. The summed E-state index contributed by atoms with van der Waals surface area (Å²) in [6.45, 7) is 3.80. The molecule has 1 rings (SSSR count). The first-order valence-electron chi connectivity index (χ1n) is 36.5. The van der Waals surface area contributed by atoms with Crippen molar-refractivity contribution in [2.75, 3.05) is 13.2 Å². The molecular formula is C75H139NO8. The van der Waals surface area contributed by atoms with E-state index in [2.05, 4.69) is 67.8 Å². The first-order valence-corrected chi connectivity index (χ1v) is 36.5. The molecule has 1 saturated heterocycles. The van der Waals surface area contributed by atoms with Crippen LogP contribution in [-0.4, -0.2) is 87.5 Å². The van der Waals surface area contributed by atoms with E-state index >= 15 is 0 Å². The third-order valence-electron chi connectivity index (χ3n) is 17.3. The number of nitrogens with one attached hydrogen (secondary N) is 1. The van der Waals surface area contributed by atoms with Gasteiger partial charge in [0.25, 0.3) is 0 Å². The van der Waals surface area contributed by atoms with Crippen molar-refractivity contribution in [2.24, 2.45) is 0 Å². The van der Waals surface area contributed by atoms with E-state index in [1.165, 1.54) is 283 Å². The van der Waals surface area contributed by atoms with Crippen molar-refractivity contribution in [2.45, 2.75) is 397 Å². The lowest BCUT2D eigenvalue weighted by Crippen LogP contribution is -2.60. The van der Waals surface area contributed by atoms with Crippen LogP contribution in [0.3, 0.4) is 0 Å². The van der Waals surface area contributed by atoms with Crippen LogP contribution in [0.25, 0.3) is 0 Å². The summed E-state index contributed by atoms with van der Waals surface area (Å²) in [6, 6.07) is -0.826. The molecule has 6 N–H and O–H groups in total. The molecule has 1 aliphatic heterocycles. The van der Waals surface area contributed by atoms with E-state index in [4.69, 9.17) is 9.47 Å². The Hall–Kier alpha value is -2.11. The summed E-state index contributed by atoms with van der Waals surface area (Å²) in [5.74, 6) is -0.184. The van der Waals surface area contributed by atoms with Crippen LogP contribution in [0.1, 0.15) is 354 Å². The maximum Gasteiger partial charge on any atom is 0.220 e. The van der Waals surface area contributed by atoms with Crippen molar-refractivity contribution >= 4 is 5.91 Å². The Morgan fingerprint density at radius 2 is 0.714 bits per heavy atom. The molecule has 1 aliphatic rings. The second-order valence-corrected chi connectivity index (χ2v) is 25.4. The van der Waals surface area contributed by atoms with Gasteiger partial charge in [0, 0.05) is 6.42 Å². The first-order chi connectivity index (χ1) is 41.3. The molecule has 0 bridgehead atoms. The van der Waals surface area contributed by atoms with Gasteiger partial charge in [0.1, 0.15) is 24.4 Å². The topological polar surface area (TPSA) is 149 Å². The number of aliphatic hydroxyl groups is 5. The zero-order valence-electron chi connectivity index (χ0n) is 55.2. The van der Waals surface area contributed by atoms with Crippen molar-refractivity contribution in [3.05, 3.63) is 60.8 Å². The predicted octanol–water partition coefficient (Wildman–Crippen LogP) is 20.1. The molecule has 1 fully saturated rings. The third-order valence-corrected chi connectivity index (χ3v) is 17.3. The highest BCUT2D eigenvalue weighted by atomic mass is 16.7. The fraction of sp³-hybridized carbons (Fsp3) is 0.853. The molecule has 0 aliphatic carbocycles. The normalized spacial score (nSPS) is 18.5. The third kappa shape index (κ3) is 51.9. The Balaban J connectivity index is 2.14. The predicted molar refractivity (Wildman–Crippen MR) is 359 cm³/mol. The van der Waals surface area contributed by atoms with E-state index in [9.17, 15) is 30.3 Å². The fourth-order valence-corrected chi connectivity index (χ4v) is 11.6. The number of unbranched alkanes of at least 4 members (excludes halogenated alkanes) is 46. The van der Waals surface area contributed by atoms with E-state index in [0.717, 1.165) is 51.4 Å². The summed E-state index contributed by atoms with van der Waals surface area (Å²) in [6.07, 6.45) is 82.0. The lowest BCUT2D eigenvalue weighted by Gasteiger charge is -2.40. The molecule has 84 heavy (non-hydrogen) atoms. The lowest BCUT2D eigenvalue weighted by molar-refractivity contribution is -0.302. The molecule has 0 saturated carbocycles. The van der Waals surface area contributed by atoms with E-state index in [0.29, 0.717) is 6.42 Å². The van der Waals surface area contributed by atoms with Crippen LogP contribution in [0.2, 0.25) is 0 Å². The highest BCUT2D eigenvalue weighted by Gasteiger charge is 2.44. The summed E-state index contributed by atoms with van der Waals surface area (Å²) in [5, 5.41) is 54.8. The molecule has 1 heterocycles. The van der Waals surface area contributed by atoms with Crippen molar-refractivity contribution in [1.29, 1.82) is 0 Å². The Morgan fingerprint density at radius 3 is 1.08 bits per heavy atom. The zero-order chi connectivity index (χ0) is 60.7. The van der Waals surface area contributed by atoms with Gasteiger partial charge >= 0.3 is 0 Å². The Morgan fingerprint density at radius 1 is 0.405 bits per heavy atom. The average Bonchev–Trinajstić information content (AvgIpc) is 3.69. The summed E-state index contributed by atoms with van der Waals surface area (Å²) in [7, 11) is 0. The lowest BCUT2D eigenvalue weighted by atomic mass is 9.99. The average molecular weight is 1180 g/mol.